The molecule has 0 bridgehead atoms. The predicted molar refractivity (Wildman–Crippen MR) is 90.9 cm³/mol. The molecule has 1 amide bonds. The van der Waals surface area contributed by atoms with Crippen LogP contribution in [0.25, 0.3) is 0 Å². The van der Waals surface area contributed by atoms with Gasteiger partial charge in [0, 0.05) is 6.20 Å². The number of benzene rings is 1. The van der Waals surface area contributed by atoms with Gasteiger partial charge >= 0.3 is 5.97 Å². The van der Waals surface area contributed by atoms with Gasteiger partial charge in [-0.1, -0.05) is 12.1 Å². The van der Waals surface area contributed by atoms with Crippen molar-refractivity contribution in [1.82, 2.24) is 14.9 Å². The van der Waals surface area contributed by atoms with E-state index >= 15 is 0 Å². The molecule has 1 aromatic carbocycles. The Morgan fingerprint density at radius 1 is 1.27 bits per heavy atom. The number of hydrogen-bond donors (Lipinski definition) is 2. The fraction of sp³-hybridized carbons (Fsp3) is 0.333. The summed E-state index contributed by atoms with van der Waals surface area (Å²) in [6.45, 7) is 2.13. The van der Waals surface area contributed by atoms with Gasteiger partial charge in [0.05, 0.1) is 30.8 Å². The smallest absolute Gasteiger partial charge is 0.307 e. The summed E-state index contributed by atoms with van der Waals surface area (Å²) in [6.07, 6.45) is 1.40. The Kier molecular flexibility index (Phi) is 5.13. The van der Waals surface area contributed by atoms with Crippen molar-refractivity contribution in [2.45, 2.75) is 25.6 Å². The van der Waals surface area contributed by atoms with E-state index in [1.165, 1.54) is 17.4 Å². The number of aryl methyl sites for hydroxylation is 1. The van der Waals surface area contributed by atoms with Crippen molar-refractivity contribution >= 4 is 11.9 Å². The van der Waals surface area contributed by atoms with Crippen LogP contribution in [0.5, 0.6) is 5.75 Å². The van der Waals surface area contributed by atoms with Crippen LogP contribution >= 0.6 is 0 Å². The van der Waals surface area contributed by atoms with Crippen LogP contribution in [-0.4, -0.2) is 62.3 Å². The molecule has 26 heavy (non-hydrogen) atoms. The van der Waals surface area contributed by atoms with Gasteiger partial charge in [-0.3, -0.25) is 9.59 Å². The average molecular weight is 357 g/mol. The quantitative estimate of drug-likeness (QED) is 0.809. The molecule has 8 heteroatoms. The van der Waals surface area contributed by atoms with Gasteiger partial charge in [-0.25, -0.2) is 9.97 Å². The van der Waals surface area contributed by atoms with Crippen LogP contribution in [0.3, 0.4) is 0 Å². The van der Waals surface area contributed by atoms with E-state index in [0.29, 0.717) is 22.6 Å². The molecule has 0 unspecified atom stereocenters. The molecule has 2 N–H and O–H groups in total. The van der Waals surface area contributed by atoms with Crippen molar-refractivity contribution < 1.29 is 24.5 Å². The zero-order valence-corrected chi connectivity index (χ0v) is 14.2. The average Bonchev–Trinajstić information content (AvgIpc) is 2.97. The molecule has 1 aliphatic rings. The Labute approximate surface area is 150 Å². The normalized spacial score (nSPS) is 19.4. The van der Waals surface area contributed by atoms with Gasteiger partial charge in [0.25, 0.3) is 5.91 Å². The summed E-state index contributed by atoms with van der Waals surface area (Å²) in [4.78, 5) is 32.7. The third-order valence-corrected chi connectivity index (χ3v) is 4.23. The predicted octanol–water partition coefficient (Wildman–Crippen LogP) is 0.676. The van der Waals surface area contributed by atoms with Crippen molar-refractivity contribution in [2.24, 2.45) is 0 Å². The maximum Gasteiger partial charge on any atom is 0.307 e. The van der Waals surface area contributed by atoms with Crippen molar-refractivity contribution in [3.05, 3.63) is 53.6 Å². The highest BCUT2D eigenvalue weighted by Crippen LogP contribution is 2.21. The molecule has 8 nitrogen and oxygen atoms in total. The molecule has 0 aliphatic carbocycles. The number of aromatic nitrogens is 2. The van der Waals surface area contributed by atoms with Crippen molar-refractivity contribution in [3.8, 4) is 5.75 Å². The number of ether oxygens (including phenoxy) is 1. The van der Waals surface area contributed by atoms with Crippen LogP contribution in [0, 0.1) is 6.92 Å². The van der Waals surface area contributed by atoms with E-state index in [4.69, 9.17) is 9.84 Å². The maximum absolute atomic E-state index is 12.6. The molecule has 0 saturated carbocycles. The third-order valence-electron chi connectivity index (χ3n) is 4.23. The number of likely N-dealkylation sites (tertiary alicyclic amines) is 1. The first-order valence-corrected chi connectivity index (χ1v) is 8.15. The van der Waals surface area contributed by atoms with Crippen molar-refractivity contribution in [3.63, 3.8) is 0 Å². The lowest BCUT2D eigenvalue weighted by molar-refractivity contribution is -0.136. The summed E-state index contributed by atoms with van der Waals surface area (Å²) < 4.78 is 5.77. The fourth-order valence-corrected chi connectivity index (χ4v) is 2.84. The molecule has 1 saturated heterocycles. The molecule has 0 spiro atoms. The minimum absolute atomic E-state index is 0.0624. The van der Waals surface area contributed by atoms with E-state index in [1.807, 2.05) is 0 Å². The van der Waals surface area contributed by atoms with Crippen LogP contribution < -0.4 is 4.74 Å². The minimum atomic E-state index is -0.903. The van der Waals surface area contributed by atoms with E-state index in [0.717, 1.165) is 0 Å². The number of carboxylic acids is 1. The Morgan fingerprint density at radius 2 is 2.00 bits per heavy atom. The van der Waals surface area contributed by atoms with Gasteiger partial charge in [-0.15, -0.1) is 0 Å². The number of hydrogen-bond acceptors (Lipinski definition) is 6. The monoisotopic (exact) mass is 357 g/mol. The second kappa shape index (κ2) is 7.49. The summed E-state index contributed by atoms with van der Waals surface area (Å²) in [5.41, 5.74) is 1.64. The summed E-state index contributed by atoms with van der Waals surface area (Å²) in [5, 5.41) is 19.0. The number of rotatable bonds is 5. The molecule has 136 valence electrons. The van der Waals surface area contributed by atoms with Crippen LogP contribution in [-0.2, 0) is 11.2 Å². The lowest BCUT2D eigenvalue weighted by Crippen LogP contribution is -2.31. The fourth-order valence-electron chi connectivity index (χ4n) is 2.84. The van der Waals surface area contributed by atoms with Gasteiger partial charge in [0.1, 0.15) is 24.3 Å². The van der Waals surface area contributed by atoms with E-state index < -0.39 is 18.2 Å². The number of amides is 1. The number of carbonyl (C=O) groups is 2. The van der Waals surface area contributed by atoms with Gasteiger partial charge in [-0.2, -0.15) is 0 Å². The Bertz CT molecular complexity index is 809. The highest BCUT2D eigenvalue weighted by Gasteiger charge is 2.36. The van der Waals surface area contributed by atoms with E-state index in [9.17, 15) is 14.7 Å². The summed E-state index contributed by atoms with van der Waals surface area (Å²) in [6, 6.07) is 6.64. The third kappa shape index (κ3) is 3.97. The molecule has 0 radical (unpaired) electrons. The number of carboxylic acid groups (broad SMARTS) is 1. The minimum Gasteiger partial charge on any atom is -0.486 e. The van der Waals surface area contributed by atoms with Gasteiger partial charge in [-0.05, 0) is 24.6 Å². The molecule has 1 aliphatic heterocycles. The zero-order valence-electron chi connectivity index (χ0n) is 14.2. The number of carbonyl (C=O) groups excluding carboxylic acids is 1. The molecular weight excluding hydrogens is 338 g/mol. The maximum atomic E-state index is 12.6. The summed E-state index contributed by atoms with van der Waals surface area (Å²) in [7, 11) is 0. The molecule has 1 fully saturated rings. The van der Waals surface area contributed by atoms with Crippen LogP contribution in [0.1, 0.15) is 21.6 Å². The first kappa shape index (κ1) is 17.8. The van der Waals surface area contributed by atoms with Gasteiger partial charge in [0.2, 0.25) is 0 Å². The second-order valence-electron chi connectivity index (χ2n) is 6.17. The number of β-amino-alcohol motifs (C(OH)–C–C–N with tert-alkyl or cyclic N) is 1. The van der Waals surface area contributed by atoms with E-state index in [1.54, 1.807) is 31.2 Å². The highest BCUT2D eigenvalue weighted by molar-refractivity contribution is 5.95. The van der Waals surface area contributed by atoms with Crippen LogP contribution in [0.4, 0.5) is 0 Å². The standard InChI is InChI=1S/C18H19N3O5/c1-11-14(7-19-10-20-11)18(25)21-8-15(22)16(9-21)26-13-4-2-12(3-5-13)6-17(23)24/h2-5,7,10,15-16,22H,6,8-9H2,1H3,(H,23,24)/t15-,16-/m1/s1. The molecule has 2 atom stereocenters. The first-order valence-electron chi connectivity index (χ1n) is 8.15. The summed E-state index contributed by atoms with van der Waals surface area (Å²) in [5.74, 6) is -0.638. The van der Waals surface area contributed by atoms with Gasteiger partial charge in [0.15, 0.2) is 0 Å². The topological polar surface area (TPSA) is 113 Å². The van der Waals surface area contributed by atoms with Crippen molar-refractivity contribution in [1.29, 1.82) is 0 Å². The number of aliphatic hydroxyl groups excluding tert-OH is 1. The Hall–Kier alpha value is -3.00. The van der Waals surface area contributed by atoms with E-state index in [2.05, 4.69) is 9.97 Å². The molecule has 3 rings (SSSR count). The number of aliphatic carboxylic acids is 1. The zero-order chi connectivity index (χ0) is 18.7. The Morgan fingerprint density at radius 3 is 2.65 bits per heavy atom. The lowest BCUT2D eigenvalue weighted by atomic mass is 10.1. The van der Waals surface area contributed by atoms with Crippen LogP contribution in [0.15, 0.2) is 36.8 Å². The van der Waals surface area contributed by atoms with Crippen molar-refractivity contribution in [2.75, 3.05) is 13.1 Å². The lowest BCUT2D eigenvalue weighted by Gasteiger charge is -2.17. The molecule has 2 aromatic rings. The Balaban J connectivity index is 1.64. The second-order valence-corrected chi connectivity index (χ2v) is 6.17. The number of nitrogens with zero attached hydrogens (tertiary/aromatic N) is 3. The molecular formula is C18H19N3O5. The molecule has 2 heterocycles. The first-order chi connectivity index (χ1) is 12.4. The largest absolute Gasteiger partial charge is 0.486 e. The molecule has 1 aromatic heterocycles. The van der Waals surface area contributed by atoms with Crippen LogP contribution in [0.2, 0.25) is 0 Å². The summed E-state index contributed by atoms with van der Waals surface area (Å²) >= 11 is 0. The van der Waals surface area contributed by atoms with Gasteiger partial charge < -0.3 is 19.8 Å². The van der Waals surface area contributed by atoms with E-state index in [-0.39, 0.29) is 25.4 Å². The highest BCUT2D eigenvalue weighted by atomic mass is 16.5. The number of aliphatic hydroxyl groups is 1. The SMILES string of the molecule is Cc1ncncc1C(=O)N1C[C@@H](O)[C@H](Oc2ccc(CC(=O)O)cc2)C1.